The van der Waals surface area contributed by atoms with Crippen LogP contribution in [0.2, 0.25) is 0 Å². The zero-order chi connectivity index (χ0) is 13.5. The van der Waals surface area contributed by atoms with Crippen LogP contribution < -0.4 is 0 Å². The molecular formula is C17H15N3. The van der Waals surface area contributed by atoms with Gasteiger partial charge in [0.25, 0.3) is 0 Å². The van der Waals surface area contributed by atoms with Crippen LogP contribution in [-0.2, 0) is 6.54 Å². The second-order valence-corrected chi connectivity index (χ2v) is 5.19. The van der Waals surface area contributed by atoms with Crippen LogP contribution in [0.1, 0.15) is 16.8 Å². The number of fused-ring (bicyclic) bond motifs is 3. The fourth-order valence-electron chi connectivity index (χ4n) is 2.76. The normalized spacial score (nSPS) is 14.2. The van der Waals surface area contributed by atoms with Crippen molar-refractivity contribution in [1.29, 1.82) is 0 Å². The molecule has 0 fully saturated rings. The first-order chi connectivity index (χ1) is 9.83. The fourth-order valence-corrected chi connectivity index (χ4v) is 2.76. The Balaban J connectivity index is 1.95. The van der Waals surface area contributed by atoms with Gasteiger partial charge in [-0.25, -0.2) is 0 Å². The maximum absolute atomic E-state index is 4.75. The zero-order valence-electron chi connectivity index (χ0n) is 11.4. The predicted octanol–water partition coefficient (Wildman–Crippen LogP) is 3.20. The average molecular weight is 261 g/mol. The van der Waals surface area contributed by atoms with Crippen molar-refractivity contribution in [2.24, 2.45) is 4.99 Å². The van der Waals surface area contributed by atoms with Gasteiger partial charge in [-0.1, -0.05) is 48.0 Å². The summed E-state index contributed by atoms with van der Waals surface area (Å²) in [4.78, 5) is 4.75. The van der Waals surface area contributed by atoms with Crippen molar-refractivity contribution in [3.63, 3.8) is 0 Å². The van der Waals surface area contributed by atoms with Crippen LogP contribution in [0.15, 0.2) is 53.5 Å². The van der Waals surface area contributed by atoms with E-state index in [1.165, 1.54) is 16.5 Å². The van der Waals surface area contributed by atoms with Gasteiger partial charge in [-0.3, -0.25) is 9.67 Å². The summed E-state index contributed by atoms with van der Waals surface area (Å²) in [6.45, 7) is 3.76. The van der Waals surface area contributed by atoms with Crippen molar-refractivity contribution in [2.75, 3.05) is 6.54 Å². The standard InChI is InChI=1S/C17H15N3/c1-12-6-8-13(9-7-12)16-17-14-4-2-3-5-15(14)19-20(17)11-10-18-16/h2-9H,10-11H2,1H3. The van der Waals surface area contributed by atoms with Crippen LogP contribution in [0.4, 0.5) is 0 Å². The van der Waals surface area contributed by atoms with Gasteiger partial charge in [0.15, 0.2) is 0 Å². The molecule has 0 spiro atoms. The number of aryl methyl sites for hydroxylation is 1. The van der Waals surface area contributed by atoms with Gasteiger partial charge in [0.2, 0.25) is 0 Å². The van der Waals surface area contributed by atoms with E-state index in [0.717, 1.165) is 30.0 Å². The highest BCUT2D eigenvalue weighted by molar-refractivity contribution is 6.18. The van der Waals surface area contributed by atoms with Gasteiger partial charge < -0.3 is 0 Å². The van der Waals surface area contributed by atoms with Crippen molar-refractivity contribution >= 4 is 16.6 Å². The first-order valence-corrected chi connectivity index (χ1v) is 6.90. The Morgan fingerprint density at radius 1 is 1.00 bits per heavy atom. The second-order valence-electron chi connectivity index (χ2n) is 5.19. The number of nitrogens with zero attached hydrogens (tertiary/aromatic N) is 3. The van der Waals surface area contributed by atoms with E-state index in [1.54, 1.807) is 0 Å². The molecule has 0 N–H and O–H groups in total. The molecule has 3 nitrogen and oxygen atoms in total. The zero-order valence-corrected chi connectivity index (χ0v) is 11.4. The average Bonchev–Trinajstić information content (AvgIpc) is 2.86. The van der Waals surface area contributed by atoms with E-state index in [9.17, 15) is 0 Å². The minimum atomic E-state index is 0.796. The maximum Gasteiger partial charge on any atom is 0.0947 e. The quantitative estimate of drug-likeness (QED) is 0.661. The largest absolute Gasteiger partial charge is 0.281 e. The summed E-state index contributed by atoms with van der Waals surface area (Å²) in [5.41, 5.74) is 5.69. The third kappa shape index (κ3) is 1.67. The molecular weight excluding hydrogens is 246 g/mol. The molecule has 3 aromatic rings. The van der Waals surface area contributed by atoms with Crippen LogP contribution in [0.25, 0.3) is 10.9 Å². The van der Waals surface area contributed by atoms with Crippen molar-refractivity contribution in [3.8, 4) is 0 Å². The number of aliphatic imine (C=N–C) groups is 1. The van der Waals surface area contributed by atoms with Crippen LogP contribution in [0.5, 0.6) is 0 Å². The Morgan fingerprint density at radius 3 is 2.65 bits per heavy atom. The number of hydrogen-bond donors (Lipinski definition) is 0. The Hall–Kier alpha value is -2.42. The van der Waals surface area contributed by atoms with Gasteiger partial charge >= 0.3 is 0 Å². The third-order valence-corrected chi connectivity index (χ3v) is 3.78. The summed E-state index contributed by atoms with van der Waals surface area (Å²) in [6, 6.07) is 16.8. The molecule has 4 rings (SSSR count). The topological polar surface area (TPSA) is 30.2 Å². The smallest absolute Gasteiger partial charge is 0.0947 e. The molecule has 20 heavy (non-hydrogen) atoms. The predicted molar refractivity (Wildman–Crippen MR) is 81.4 cm³/mol. The van der Waals surface area contributed by atoms with Crippen LogP contribution in [-0.4, -0.2) is 22.0 Å². The Labute approximate surface area is 117 Å². The first-order valence-electron chi connectivity index (χ1n) is 6.90. The molecule has 0 saturated heterocycles. The molecule has 2 heterocycles. The first kappa shape index (κ1) is 11.4. The van der Waals surface area contributed by atoms with Crippen LogP contribution >= 0.6 is 0 Å². The molecule has 3 heteroatoms. The molecule has 0 radical (unpaired) electrons. The third-order valence-electron chi connectivity index (χ3n) is 3.78. The summed E-state index contributed by atoms with van der Waals surface area (Å²) in [7, 11) is 0. The molecule has 1 aliphatic heterocycles. The monoisotopic (exact) mass is 261 g/mol. The van der Waals surface area contributed by atoms with Gasteiger partial charge in [-0.2, -0.15) is 5.10 Å². The highest BCUT2D eigenvalue weighted by Crippen LogP contribution is 2.24. The number of aromatic nitrogens is 2. The summed E-state index contributed by atoms with van der Waals surface area (Å²) in [5.74, 6) is 0. The van der Waals surface area contributed by atoms with E-state index < -0.39 is 0 Å². The second kappa shape index (κ2) is 4.30. The Kier molecular flexibility index (Phi) is 2.46. The van der Waals surface area contributed by atoms with E-state index in [0.29, 0.717) is 0 Å². The number of rotatable bonds is 1. The SMILES string of the molecule is Cc1ccc(C2=NCCn3nc4ccccc4c32)cc1. The fraction of sp³-hybridized carbons (Fsp3) is 0.176. The Morgan fingerprint density at radius 2 is 1.80 bits per heavy atom. The van der Waals surface area contributed by atoms with Gasteiger partial charge in [0.1, 0.15) is 0 Å². The highest BCUT2D eigenvalue weighted by atomic mass is 15.3. The van der Waals surface area contributed by atoms with E-state index in [2.05, 4.69) is 59.2 Å². The summed E-state index contributed by atoms with van der Waals surface area (Å²) in [6.07, 6.45) is 0. The Bertz CT molecular complexity index is 810. The lowest BCUT2D eigenvalue weighted by Crippen LogP contribution is -2.20. The molecule has 0 unspecified atom stereocenters. The van der Waals surface area contributed by atoms with Gasteiger partial charge in [0.05, 0.1) is 30.0 Å². The van der Waals surface area contributed by atoms with Crippen molar-refractivity contribution in [3.05, 3.63) is 65.4 Å². The van der Waals surface area contributed by atoms with E-state index >= 15 is 0 Å². The van der Waals surface area contributed by atoms with Crippen LogP contribution in [0.3, 0.4) is 0 Å². The molecule has 1 aliphatic rings. The number of benzene rings is 2. The molecule has 1 aromatic heterocycles. The van der Waals surface area contributed by atoms with Gasteiger partial charge in [-0.05, 0) is 13.0 Å². The molecule has 0 aliphatic carbocycles. The van der Waals surface area contributed by atoms with Crippen molar-refractivity contribution in [2.45, 2.75) is 13.5 Å². The minimum absolute atomic E-state index is 0.796. The van der Waals surface area contributed by atoms with E-state index in [1.807, 2.05) is 6.07 Å². The molecule has 0 saturated carbocycles. The van der Waals surface area contributed by atoms with Gasteiger partial charge in [-0.15, -0.1) is 0 Å². The lowest BCUT2D eigenvalue weighted by Gasteiger charge is -2.15. The molecule has 0 amide bonds. The molecule has 98 valence electrons. The summed E-state index contributed by atoms with van der Waals surface area (Å²) >= 11 is 0. The minimum Gasteiger partial charge on any atom is -0.281 e. The lowest BCUT2D eigenvalue weighted by atomic mass is 10.0. The lowest BCUT2D eigenvalue weighted by molar-refractivity contribution is 0.614. The van der Waals surface area contributed by atoms with E-state index in [-0.39, 0.29) is 0 Å². The van der Waals surface area contributed by atoms with E-state index in [4.69, 9.17) is 4.99 Å². The highest BCUT2D eigenvalue weighted by Gasteiger charge is 2.20. The van der Waals surface area contributed by atoms with Crippen molar-refractivity contribution in [1.82, 2.24) is 9.78 Å². The molecule has 2 aromatic carbocycles. The van der Waals surface area contributed by atoms with Crippen LogP contribution in [0, 0.1) is 6.92 Å². The summed E-state index contributed by atoms with van der Waals surface area (Å²) < 4.78 is 2.09. The van der Waals surface area contributed by atoms with Crippen molar-refractivity contribution < 1.29 is 0 Å². The maximum atomic E-state index is 4.75. The number of hydrogen-bond acceptors (Lipinski definition) is 2. The summed E-state index contributed by atoms with van der Waals surface area (Å²) in [5, 5.41) is 5.87. The molecule has 0 atom stereocenters. The van der Waals surface area contributed by atoms with Gasteiger partial charge in [0, 0.05) is 10.9 Å². The molecule has 0 bridgehead atoms.